The smallest absolute Gasteiger partial charge is 0.332 e. The van der Waals surface area contributed by atoms with Crippen molar-refractivity contribution in [2.45, 2.75) is 33.6 Å². The van der Waals surface area contributed by atoms with E-state index in [2.05, 4.69) is 13.2 Å². The molecule has 2 N–H and O–H groups in total. The first kappa shape index (κ1) is 17.6. The van der Waals surface area contributed by atoms with E-state index in [1.807, 2.05) is 6.92 Å². The van der Waals surface area contributed by atoms with Crippen LogP contribution in [-0.2, 0) is 9.59 Å². The number of carboxylic acid groups (broad SMARTS) is 2. The molecule has 0 aromatic rings. The Hall–Kier alpha value is -1.84. The van der Waals surface area contributed by atoms with Gasteiger partial charge in [0, 0.05) is 11.1 Å². The summed E-state index contributed by atoms with van der Waals surface area (Å²) in [6, 6.07) is 0. The van der Waals surface area contributed by atoms with Crippen LogP contribution in [0.4, 0.5) is 0 Å². The van der Waals surface area contributed by atoms with Crippen LogP contribution in [0.3, 0.4) is 0 Å². The standard InChI is InChI=1S/C8H12O4.C5H8/c1-3-5(7(9)10)6(4-2)8(11)12;1-4-5(2)3/h3-4H2,1-2H3,(H,9,10)(H,11,12);4H,1-2H2,3H3. The van der Waals surface area contributed by atoms with Gasteiger partial charge in [0.25, 0.3) is 0 Å². The minimum Gasteiger partial charge on any atom is -0.478 e. The van der Waals surface area contributed by atoms with Gasteiger partial charge in [0.1, 0.15) is 0 Å². The topological polar surface area (TPSA) is 74.6 Å². The molecule has 0 radical (unpaired) electrons. The van der Waals surface area contributed by atoms with Crippen LogP contribution in [0.15, 0.2) is 36.0 Å². The molecule has 0 aromatic carbocycles. The summed E-state index contributed by atoms with van der Waals surface area (Å²) in [7, 11) is 0. The molecule has 0 fully saturated rings. The van der Waals surface area contributed by atoms with Gasteiger partial charge in [-0.3, -0.25) is 0 Å². The Balaban J connectivity index is 0. The van der Waals surface area contributed by atoms with E-state index in [9.17, 15) is 9.59 Å². The second-order valence-electron chi connectivity index (χ2n) is 3.32. The SMILES string of the molecule is C=CC(=C)C.CCC(C(=O)O)=C(CC)C(=O)O. The maximum atomic E-state index is 10.5. The van der Waals surface area contributed by atoms with Crippen molar-refractivity contribution in [3.63, 3.8) is 0 Å². The van der Waals surface area contributed by atoms with Crippen molar-refractivity contribution in [1.29, 1.82) is 0 Å². The number of allylic oxidation sites excluding steroid dienone is 2. The molecular formula is C13H20O4. The zero-order valence-electron chi connectivity index (χ0n) is 10.6. The molecule has 0 atom stereocenters. The van der Waals surface area contributed by atoms with Crippen molar-refractivity contribution in [3.8, 4) is 0 Å². The van der Waals surface area contributed by atoms with Gasteiger partial charge in [-0.2, -0.15) is 0 Å². The second-order valence-corrected chi connectivity index (χ2v) is 3.32. The number of rotatable bonds is 5. The third kappa shape index (κ3) is 8.02. The van der Waals surface area contributed by atoms with Crippen molar-refractivity contribution < 1.29 is 19.8 Å². The Morgan fingerprint density at radius 2 is 1.29 bits per heavy atom. The summed E-state index contributed by atoms with van der Waals surface area (Å²) in [5.74, 6) is -2.28. The third-order valence-electron chi connectivity index (χ3n) is 1.94. The summed E-state index contributed by atoms with van der Waals surface area (Å²) in [5, 5.41) is 17.2. The maximum Gasteiger partial charge on any atom is 0.332 e. The summed E-state index contributed by atoms with van der Waals surface area (Å²) < 4.78 is 0. The van der Waals surface area contributed by atoms with Crippen molar-refractivity contribution in [2.75, 3.05) is 0 Å². The molecule has 0 aliphatic carbocycles. The lowest BCUT2D eigenvalue weighted by Gasteiger charge is -2.03. The van der Waals surface area contributed by atoms with Gasteiger partial charge >= 0.3 is 11.9 Å². The van der Waals surface area contributed by atoms with Crippen LogP contribution in [0.2, 0.25) is 0 Å². The normalized spacial score (nSPS) is 10.5. The Kier molecular flexibility index (Phi) is 9.70. The first-order valence-corrected chi connectivity index (χ1v) is 5.28. The number of aliphatic carboxylic acids is 2. The number of carboxylic acids is 2. The highest BCUT2D eigenvalue weighted by Gasteiger charge is 2.16. The Morgan fingerprint density at radius 3 is 1.35 bits per heavy atom. The predicted octanol–water partition coefficient (Wildman–Crippen LogP) is 3.02. The molecule has 0 bridgehead atoms. The molecule has 17 heavy (non-hydrogen) atoms. The van der Waals surface area contributed by atoms with Gasteiger partial charge in [0.05, 0.1) is 0 Å². The monoisotopic (exact) mass is 240 g/mol. The van der Waals surface area contributed by atoms with Gasteiger partial charge in [0.15, 0.2) is 0 Å². The number of hydrogen-bond acceptors (Lipinski definition) is 2. The molecule has 0 saturated heterocycles. The van der Waals surface area contributed by atoms with E-state index in [1.54, 1.807) is 19.9 Å². The lowest BCUT2D eigenvalue weighted by atomic mass is 10.0. The average Bonchev–Trinajstić information content (AvgIpc) is 2.25. The van der Waals surface area contributed by atoms with Gasteiger partial charge < -0.3 is 10.2 Å². The molecular weight excluding hydrogens is 220 g/mol. The average molecular weight is 240 g/mol. The van der Waals surface area contributed by atoms with E-state index in [-0.39, 0.29) is 24.0 Å². The summed E-state index contributed by atoms with van der Waals surface area (Å²) in [4.78, 5) is 21.0. The molecule has 0 saturated carbocycles. The Bertz CT molecular complexity index is 313. The first-order chi connectivity index (χ1) is 7.81. The first-order valence-electron chi connectivity index (χ1n) is 5.28. The highest BCUT2D eigenvalue weighted by Crippen LogP contribution is 2.12. The lowest BCUT2D eigenvalue weighted by Crippen LogP contribution is -2.10. The molecule has 0 spiro atoms. The van der Waals surface area contributed by atoms with Crippen molar-refractivity contribution >= 4 is 11.9 Å². The van der Waals surface area contributed by atoms with E-state index < -0.39 is 11.9 Å². The fraction of sp³-hybridized carbons (Fsp3) is 0.385. The van der Waals surface area contributed by atoms with Crippen LogP contribution < -0.4 is 0 Å². The molecule has 0 amide bonds. The lowest BCUT2D eigenvalue weighted by molar-refractivity contribution is -0.136. The molecule has 0 aliphatic rings. The molecule has 0 aliphatic heterocycles. The van der Waals surface area contributed by atoms with Gasteiger partial charge in [-0.1, -0.05) is 38.7 Å². The zero-order valence-corrected chi connectivity index (χ0v) is 10.6. The zero-order chi connectivity index (χ0) is 14.0. The third-order valence-corrected chi connectivity index (χ3v) is 1.94. The maximum absolute atomic E-state index is 10.5. The predicted molar refractivity (Wildman–Crippen MR) is 67.9 cm³/mol. The van der Waals surface area contributed by atoms with E-state index in [0.717, 1.165) is 5.57 Å². The van der Waals surface area contributed by atoms with E-state index >= 15 is 0 Å². The van der Waals surface area contributed by atoms with Crippen molar-refractivity contribution in [2.24, 2.45) is 0 Å². The van der Waals surface area contributed by atoms with Crippen LogP contribution in [0, 0.1) is 0 Å². The van der Waals surface area contributed by atoms with Gasteiger partial charge in [-0.15, -0.1) is 0 Å². The molecule has 0 unspecified atom stereocenters. The fourth-order valence-corrected chi connectivity index (χ4v) is 0.987. The summed E-state index contributed by atoms with van der Waals surface area (Å²) >= 11 is 0. The fourth-order valence-electron chi connectivity index (χ4n) is 0.987. The van der Waals surface area contributed by atoms with Crippen LogP contribution in [-0.4, -0.2) is 22.2 Å². The molecule has 0 aromatic heterocycles. The summed E-state index contributed by atoms with van der Waals surface area (Å²) in [6.07, 6.45) is 2.20. The highest BCUT2D eigenvalue weighted by atomic mass is 16.4. The van der Waals surface area contributed by atoms with E-state index in [0.29, 0.717) is 0 Å². The van der Waals surface area contributed by atoms with E-state index in [4.69, 9.17) is 10.2 Å². The van der Waals surface area contributed by atoms with Gasteiger partial charge in [0.2, 0.25) is 0 Å². The van der Waals surface area contributed by atoms with Crippen molar-refractivity contribution in [3.05, 3.63) is 36.0 Å². The Labute approximate surface area is 102 Å². The van der Waals surface area contributed by atoms with E-state index in [1.165, 1.54) is 0 Å². The second kappa shape index (κ2) is 9.39. The number of hydrogen-bond donors (Lipinski definition) is 2. The van der Waals surface area contributed by atoms with Crippen molar-refractivity contribution in [1.82, 2.24) is 0 Å². The van der Waals surface area contributed by atoms with Crippen LogP contribution in [0.5, 0.6) is 0 Å². The quantitative estimate of drug-likeness (QED) is 0.572. The minimum atomic E-state index is -1.14. The van der Waals surface area contributed by atoms with Crippen LogP contribution >= 0.6 is 0 Å². The molecule has 0 rings (SSSR count). The summed E-state index contributed by atoms with van der Waals surface area (Å²) in [6.45, 7) is 12.2. The number of carbonyl (C=O) groups is 2. The molecule has 0 heterocycles. The molecule has 96 valence electrons. The summed E-state index contributed by atoms with van der Waals surface area (Å²) in [5.41, 5.74) is 1.00. The highest BCUT2D eigenvalue weighted by molar-refractivity contribution is 5.98. The minimum absolute atomic E-state index is 0.00926. The Morgan fingerprint density at radius 1 is 1.06 bits per heavy atom. The largest absolute Gasteiger partial charge is 0.478 e. The molecule has 4 heteroatoms. The molecule has 4 nitrogen and oxygen atoms in total. The van der Waals surface area contributed by atoms with Gasteiger partial charge in [-0.05, 0) is 19.8 Å². The van der Waals surface area contributed by atoms with Crippen LogP contribution in [0.1, 0.15) is 33.6 Å². The van der Waals surface area contributed by atoms with Gasteiger partial charge in [-0.25, -0.2) is 9.59 Å². The van der Waals surface area contributed by atoms with Crippen LogP contribution in [0.25, 0.3) is 0 Å².